The van der Waals surface area contributed by atoms with Gasteiger partial charge in [0.05, 0.1) is 22.5 Å². The van der Waals surface area contributed by atoms with Crippen LogP contribution in [0.15, 0.2) is 58.4 Å². The van der Waals surface area contributed by atoms with E-state index in [4.69, 9.17) is 0 Å². The number of halogens is 1. The predicted molar refractivity (Wildman–Crippen MR) is 129 cm³/mol. The minimum absolute atomic E-state index is 0.0325. The molecule has 1 N–H and O–H groups in total. The Labute approximate surface area is 203 Å². The summed E-state index contributed by atoms with van der Waals surface area (Å²) in [6.45, 7) is 2.09. The van der Waals surface area contributed by atoms with Crippen LogP contribution in [0.5, 0.6) is 0 Å². The Morgan fingerprint density at radius 2 is 1.68 bits per heavy atom. The highest BCUT2D eigenvalue weighted by Crippen LogP contribution is 2.68. The second-order valence-electron chi connectivity index (χ2n) is 9.81. The molecular weight excluding hydrogens is 471 g/mol. The molecular formula is C26H21FN2O3S2. The standard InChI is InChI=1S/C26H21FN2O3S2/c1-11-4-2-3-5-14(11)17-18-15-10-16(21(18)33-23-22(17)34-26(32)28-23)20-19(15)24(30)29(25(20)31)13-8-6-12(27)7-9-13/h2-9,15-21H,10H2,1H3,(H,28,32)/t15-,16-,17-,18+,19-,20-,21-/m1/s1. The Hall–Kier alpha value is -2.71. The van der Waals surface area contributed by atoms with E-state index in [1.807, 2.05) is 12.1 Å². The fourth-order valence-electron chi connectivity index (χ4n) is 7.15. The fourth-order valence-corrected chi connectivity index (χ4v) is 10.0. The van der Waals surface area contributed by atoms with Gasteiger partial charge in [0.1, 0.15) is 5.82 Å². The molecule has 3 aromatic rings. The zero-order valence-corrected chi connectivity index (χ0v) is 19.9. The second kappa shape index (κ2) is 7.15. The Kier molecular flexibility index (Phi) is 4.34. The number of benzene rings is 2. The highest BCUT2D eigenvalue weighted by Gasteiger charge is 2.69. The number of rotatable bonds is 2. The molecule has 2 saturated carbocycles. The monoisotopic (exact) mass is 492 g/mol. The molecule has 2 bridgehead atoms. The minimum Gasteiger partial charge on any atom is -0.307 e. The number of hydrogen-bond acceptors (Lipinski definition) is 5. The number of anilines is 1. The molecule has 4 aliphatic rings. The summed E-state index contributed by atoms with van der Waals surface area (Å²) in [6.07, 6.45) is 0.855. The molecule has 1 saturated heterocycles. The maximum Gasteiger partial charge on any atom is 0.305 e. The number of thiazole rings is 1. The van der Waals surface area contributed by atoms with Gasteiger partial charge in [0.25, 0.3) is 0 Å². The normalized spacial score (nSPS) is 33.2. The topological polar surface area (TPSA) is 70.2 Å². The predicted octanol–water partition coefficient (Wildman–Crippen LogP) is 4.56. The van der Waals surface area contributed by atoms with Crippen molar-refractivity contribution in [1.82, 2.24) is 4.98 Å². The lowest BCUT2D eigenvalue weighted by Gasteiger charge is -2.43. The maximum absolute atomic E-state index is 13.7. The van der Waals surface area contributed by atoms with Crippen LogP contribution in [0.1, 0.15) is 28.3 Å². The maximum atomic E-state index is 13.7. The quantitative estimate of drug-likeness (QED) is 0.533. The number of aryl methyl sites for hydroxylation is 1. The number of imide groups is 1. The summed E-state index contributed by atoms with van der Waals surface area (Å²) in [4.78, 5) is 44.9. The molecule has 2 aromatic carbocycles. The molecule has 2 aliphatic carbocycles. The lowest BCUT2D eigenvalue weighted by molar-refractivity contribution is -0.123. The third kappa shape index (κ3) is 2.64. The zero-order chi connectivity index (χ0) is 23.3. The van der Waals surface area contributed by atoms with Gasteiger partial charge in [-0.25, -0.2) is 4.39 Å². The van der Waals surface area contributed by atoms with Crippen molar-refractivity contribution >= 4 is 40.6 Å². The van der Waals surface area contributed by atoms with Gasteiger partial charge in [0, 0.05) is 16.0 Å². The van der Waals surface area contributed by atoms with Gasteiger partial charge < -0.3 is 4.98 Å². The number of H-pyrrole nitrogens is 1. The van der Waals surface area contributed by atoms with Gasteiger partial charge in [-0.2, -0.15) is 0 Å². The fraction of sp³-hybridized carbons (Fsp3) is 0.346. The minimum atomic E-state index is -0.397. The summed E-state index contributed by atoms with van der Waals surface area (Å²) in [5.41, 5.74) is 2.82. The van der Waals surface area contributed by atoms with E-state index in [-0.39, 0.29) is 57.4 Å². The summed E-state index contributed by atoms with van der Waals surface area (Å²) in [6, 6.07) is 13.9. The average Bonchev–Trinajstić information content (AvgIpc) is 3.54. The molecule has 3 heterocycles. The molecule has 2 amide bonds. The van der Waals surface area contributed by atoms with Crippen molar-refractivity contribution in [3.63, 3.8) is 0 Å². The van der Waals surface area contributed by atoms with Crippen LogP contribution < -0.4 is 9.77 Å². The smallest absolute Gasteiger partial charge is 0.305 e. The Bertz CT molecular complexity index is 1410. The molecule has 172 valence electrons. The number of carbonyl (C=O) groups excluding carboxylic acids is 2. The third-order valence-electron chi connectivity index (χ3n) is 8.33. The van der Waals surface area contributed by atoms with E-state index < -0.39 is 5.82 Å². The summed E-state index contributed by atoms with van der Waals surface area (Å²) >= 11 is 2.96. The number of nitrogens with zero attached hydrogens (tertiary/aromatic N) is 1. The number of aromatic nitrogens is 1. The van der Waals surface area contributed by atoms with Crippen LogP contribution in [0.2, 0.25) is 0 Å². The number of fused-ring (bicyclic) bond motifs is 9. The van der Waals surface area contributed by atoms with Crippen LogP contribution >= 0.6 is 23.1 Å². The summed E-state index contributed by atoms with van der Waals surface area (Å²) in [7, 11) is 0. The van der Waals surface area contributed by atoms with Crippen LogP contribution in [0.4, 0.5) is 10.1 Å². The van der Waals surface area contributed by atoms with E-state index in [1.54, 1.807) is 11.8 Å². The first-order chi connectivity index (χ1) is 16.4. The first-order valence-electron chi connectivity index (χ1n) is 11.5. The molecule has 0 radical (unpaired) electrons. The number of amides is 2. The van der Waals surface area contributed by atoms with Crippen LogP contribution in [0, 0.1) is 42.3 Å². The Morgan fingerprint density at radius 3 is 2.41 bits per heavy atom. The Balaban J connectivity index is 1.34. The SMILES string of the molecule is Cc1ccccc1[C@H]1c2sc(=O)[nH]c2S[C@@H]2[C@@H]3C[C@@H]([C@H]4C(=O)N(c5ccc(F)cc5)C(=O)[C@H]34)[C@@H]12. The molecule has 1 aromatic heterocycles. The first-order valence-corrected chi connectivity index (χ1v) is 13.2. The second-order valence-corrected chi connectivity index (χ2v) is 12.0. The van der Waals surface area contributed by atoms with Crippen LogP contribution in [-0.4, -0.2) is 22.0 Å². The van der Waals surface area contributed by atoms with E-state index >= 15 is 0 Å². The largest absolute Gasteiger partial charge is 0.307 e. The van der Waals surface area contributed by atoms with Crippen molar-refractivity contribution in [3.05, 3.63) is 80.0 Å². The number of hydrogen-bond donors (Lipinski definition) is 1. The number of thioether (sulfide) groups is 1. The number of aromatic amines is 1. The van der Waals surface area contributed by atoms with E-state index in [2.05, 4.69) is 24.0 Å². The van der Waals surface area contributed by atoms with E-state index in [0.717, 1.165) is 16.3 Å². The van der Waals surface area contributed by atoms with Crippen LogP contribution in [0.3, 0.4) is 0 Å². The van der Waals surface area contributed by atoms with E-state index in [9.17, 15) is 18.8 Å². The number of carbonyl (C=O) groups is 2. The molecule has 2 aliphatic heterocycles. The van der Waals surface area contributed by atoms with Gasteiger partial charge in [-0.1, -0.05) is 35.6 Å². The van der Waals surface area contributed by atoms with Crippen molar-refractivity contribution in [2.75, 3.05) is 4.90 Å². The molecule has 0 spiro atoms. The van der Waals surface area contributed by atoms with Crippen molar-refractivity contribution < 1.29 is 14.0 Å². The van der Waals surface area contributed by atoms with Crippen molar-refractivity contribution in [2.45, 2.75) is 29.5 Å². The molecule has 7 atom stereocenters. The van der Waals surface area contributed by atoms with E-state index in [1.165, 1.54) is 51.6 Å². The molecule has 34 heavy (non-hydrogen) atoms. The summed E-state index contributed by atoms with van der Waals surface area (Å²) in [5.74, 6) is -1.05. The van der Waals surface area contributed by atoms with Crippen LogP contribution in [0.25, 0.3) is 0 Å². The van der Waals surface area contributed by atoms with Gasteiger partial charge in [0.15, 0.2) is 0 Å². The highest BCUT2D eigenvalue weighted by molar-refractivity contribution is 8.00. The lowest BCUT2D eigenvalue weighted by Crippen LogP contribution is -2.42. The molecule has 7 rings (SSSR count). The van der Waals surface area contributed by atoms with Gasteiger partial charge in [0.2, 0.25) is 11.8 Å². The van der Waals surface area contributed by atoms with Crippen molar-refractivity contribution in [3.8, 4) is 0 Å². The number of nitrogens with one attached hydrogen (secondary N) is 1. The molecule has 8 heteroatoms. The highest BCUT2D eigenvalue weighted by atomic mass is 32.2. The molecule has 0 unspecified atom stereocenters. The van der Waals surface area contributed by atoms with Gasteiger partial charge in [-0.3, -0.25) is 19.3 Å². The summed E-state index contributed by atoms with van der Waals surface area (Å²) in [5, 5.41) is 1.08. The first kappa shape index (κ1) is 20.6. The lowest BCUT2D eigenvalue weighted by atomic mass is 9.67. The zero-order valence-electron chi connectivity index (χ0n) is 18.2. The van der Waals surface area contributed by atoms with Crippen molar-refractivity contribution in [1.29, 1.82) is 0 Å². The third-order valence-corrected chi connectivity index (χ3v) is 10.9. The van der Waals surface area contributed by atoms with Crippen LogP contribution in [-0.2, 0) is 9.59 Å². The molecule has 5 nitrogen and oxygen atoms in total. The summed E-state index contributed by atoms with van der Waals surface area (Å²) < 4.78 is 13.5. The Morgan fingerprint density at radius 1 is 0.971 bits per heavy atom. The molecule has 3 fully saturated rings. The van der Waals surface area contributed by atoms with Gasteiger partial charge >= 0.3 is 4.87 Å². The van der Waals surface area contributed by atoms with Crippen molar-refractivity contribution in [2.24, 2.45) is 29.6 Å². The van der Waals surface area contributed by atoms with Gasteiger partial charge in [-0.15, -0.1) is 11.8 Å². The van der Waals surface area contributed by atoms with E-state index in [0.29, 0.717) is 5.69 Å². The van der Waals surface area contributed by atoms with Gasteiger partial charge in [-0.05, 0) is 66.5 Å². The average molecular weight is 493 g/mol.